The van der Waals surface area contributed by atoms with Crippen molar-refractivity contribution in [2.45, 2.75) is 12.6 Å². The monoisotopic (exact) mass is 463 g/mol. The van der Waals surface area contributed by atoms with E-state index >= 15 is 0 Å². The molecule has 0 spiro atoms. The van der Waals surface area contributed by atoms with Crippen LogP contribution < -0.4 is 16.7 Å². The number of aliphatic hydroxyl groups is 2. The number of aromatic nitrogens is 4. The summed E-state index contributed by atoms with van der Waals surface area (Å²) in [5.74, 6) is 0.0234. The van der Waals surface area contributed by atoms with Crippen molar-refractivity contribution in [2.24, 2.45) is 12.1 Å². The Labute approximate surface area is 184 Å². The van der Waals surface area contributed by atoms with Gasteiger partial charge >= 0.3 is 5.69 Å². The van der Waals surface area contributed by atoms with Crippen LogP contribution in [0.2, 0.25) is 0 Å². The number of nitrogens with one attached hydrogen (secondary N) is 2. The molecular weight excluding hydrogens is 446 g/mol. The second kappa shape index (κ2) is 9.55. The van der Waals surface area contributed by atoms with Crippen molar-refractivity contribution in [3.05, 3.63) is 65.8 Å². The van der Waals surface area contributed by atoms with E-state index in [0.29, 0.717) is 5.56 Å². The zero-order valence-corrected chi connectivity index (χ0v) is 17.4. The largest absolute Gasteiger partial charge is 0.394 e. The van der Waals surface area contributed by atoms with Gasteiger partial charge in [0.15, 0.2) is 11.2 Å². The number of allylic oxidation sites excluding steroid dienone is 1. The Hall–Kier alpha value is -3.81. The number of halogens is 1. The molecule has 14 heteroatoms. The number of imidazole rings is 1. The van der Waals surface area contributed by atoms with Gasteiger partial charge in [0, 0.05) is 19.2 Å². The molecule has 0 saturated heterocycles. The first kappa shape index (κ1) is 22.9. The number of fused-ring (bicyclic) bond motifs is 1. The van der Waals surface area contributed by atoms with Crippen LogP contribution in [0.25, 0.3) is 17.2 Å². The van der Waals surface area contributed by atoms with Gasteiger partial charge in [0.05, 0.1) is 35.4 Å². The third kappa shape index (κ3) is 4.91. The summed E-state index contributed by atoms with van der Waals surface area (Å²) < 4.78 is 2.40. The highest BCUT2D eigenvalue weighted by Gasteiger charge is 2.19. The minimum Gasteiger partial charge on any atom is -0.394 e. The summed E-state index contributed by atoms with van der Waals surface area (Å²) in [7, 11) is 1.41. The van der Waals surface area contributed by atoms with Gasteiger partial charge < -0.3 is 14.8 Å². The summed E-state index contributed by atoms with van der Waals surface area (Å²) in [6.07, 6.45) is 1.56. The number of aliphatic hydroxyl groups excluding tert-OH is 2. The van der Waals surface area contributed by atoms with Crippen LogP contribution in [0.3, 0.4) is 0 Å². The molecule has 1 aromatic carbocycles. The Morgan fingerprint density at radius 2 is 2.09 bits per heavy atom. The van der Waals surface area contributed by atoms with E-state index in [9.17, 15) is 24.8 Å². The molecule has 3 aromatic rings. The summed E-state index contributed by atoms with van der Waals surface area (Å²) in [4.78, 5) is 40.7. The lowest BCUT2D eigenvalue weighted by Crippen LogP contribution is -2.30. The van der Waals surface area contributed by atoms with Gasteiger partial charge in [0.1, 0.15) is 0 Å². The van der Waals surface area contributed by atoms with E-state index in [1.807, 2.05) is 0 Å². The van der Waals surface area contributed by atoms with Gasteiger partial charge in [-0.15, -0.1) is 0 Å². The highest BCUT2D eigenvalue weighted by Crippen LogP contribution is 2.17. The van der Waals surface area contributed by atoms with E-state index in [4.69, 9.17) is 16.7 Å². The van der Waals surface area contributed by atoms with Crippen LogP contribution >= 0.6 is 11.6 Å². The zero-order valence-electron chi connectivity index (χ0n) is 16.6. The van der Waals surface area contributed by atoms with Crippen molar-refractivity contribution >= 4 is 46.7 Å². The minimum atomic E-state index is -1.20. The number of nitro groups is 1. The standard InChI is InChI=1S/C18H18ClN7O6/c1-24-15-14(16(29)22-18(24)30)25(8-13(28)9-27)17(21-15)23-20-7-11(19)6-10-2-4-12(5-3-10)26(31)32/h2-7,13,27-28H,8-9H2,1H3,(H,21,23)(H,22,29,30)/b11-6-,20-7-/t13-/m0/s1. The molecule has 0 fully saturated rings. The summed E-state index contributed by atoms with van der Waals surface area (Å²) in [6, 6.07) is 5.71. The van der Waals surface area contributed by atoms with Gasteiger partial charge in [-0.2, -0.15) is 10.1 Å². The van der Waals surface area contributed by atoms with Crippen LogP contribution in [-0.2, 0) is 13.6 Å². The molecule has 0 saturated carbocycles. The van der Waals surface area contributed by atoms with Crippen LogP contribution in [0.15, 0.2) is 44.0 Å². The maximum absolute atomic E-state index is 12.3. The Morgan fingerprint density at radius 3 is 2.72 bits per heavy atom. The van der Waals surface area contributed by atoms with Crippen molar-refractivity contribution < 1.29 is 15.1 Å². The fraction of sp³-hybridized carbons (Fsp3) is 0.222. The van der Waals surface area contributed by atoms with Crippen molar-refractivity contribution in [1.29, 1.82) is 0 Å². The summed E-state index contributed by atoms with van der Waals surface area (Å²) >= 11 is 6.12. The second-order valence-corrected chi connectivity index (χ2v) is 7.06. The van der Waals surface area contributed by atoms with E-state index < -0.39 is 28.9 Å². The molecule has 168 valence electrons. The van der Waals surface area contributed by atoms with Crippen molar-refractivity contribution in [2.75, 3.05) is 12.0 Å². The average molecular weight is 464 g/mol. The van der Waals surface area contributed by atoms with Crippen molar-refractivity contribution in [3.63, 3.8) is 0 Å². The number of anilines is 1. The lowest BCUT2D eigenvalue weighted by atomic mass is 10.2. The molecule has 13 nitrogen and oxygen atoms in total. The van der Waals surface area contributed by atoms with Crippen LogP contribution in [0, 0.1) is 10.1 Å². The fourth-order valence-corrected chi connectivity index (χ4v) is 2.98. The first-order valence-electron chi connectivity index (χ1n) is 9.10. The van der Waals surface area contributed by atoms with Crippen LogP contribution in [0.1, 0.15) is 5.56 Å². The van der Waals surface area contributed by atoms with Gasteiger partial charge in [-0.05, 0) is 23.8 Å². The number of hydrogen-bond donors (Lipinski definition) is 4. The summed E-state index contributed by atoms with van der Waals surface area (Å²) in [5, 5.41) is 33.8. The Bertz CT molecular complexity index is 1320. The number of nitro benzene ring substituents is 1. The number of aryl methyl sites for hydroxylation is 1. The number of nitrogens with zero attached hydrogens (tertiary/aromatic N) is 5. The smallest absolute Gasteiger partial charge is 0.329 e. The SMILES string of the molecule is Cn1c(=O)[nH]c(=O)c2c1nc(N/N=C\C(Cl)=C\c1ccc([N+](=O)[O-])cc1)n2C[C@H](O)CO. The number of aromatic amines is 1. The number of hydrogen-bond acceptors (Lipinski definition) is 9. The summed E-state index contributed by atoms with van der Waals surface area (Å²) in [5.41, 5.74) is 1.82. The number of non-ortho nitro benzene ring substituents is 1. The molecule has 1 atom stereocenters. The average Bonchev–Trinajstić information content (AvgIpc) is 3.11. The molecule has 0 aliphatic rings. The lowest BCUT2D eigenvalue weighted by molar-refractivity contribution is -0.384. The normalized spacial score (nSPS) is 13.1. The van der Waals surface area contributed by atoms with Crippen molar-refractivity contribution in [3.8, 4) is 0 Å². The van der Waals surface area contributed by atoms with Crippen LogP contribution in [0.4, 0.5) is 11.6 Å². The van der Waals surface area contributed by atoms with E-state index in [1.165, 1.54) is 48.2 Å². The molecule has 0 unspecified atom stereocenters. The maximum Gasteiger partial charge on any atom is 0.329 e. The molecule has 32 heavy (non-hydrogen) atoms. The Balaban J connectivity index is 1.89. The Morgan fingerprint density at radius 1 is 1.41 bits per heavy atom. The van der Waals surface area contributed by atoms with E-state index in [1.54, 1.807) is 0 Å². The summed E-state index contributed by atoms with van der Waals surface area (Å²) in [6.45, 7) is -0.756. The van der Waals surface area contributed by atoms with Gasteiger partial charge in [0.2, 0.25) is 5.95 Å². The molecular formula is C18H18ClN7O6. The van der Waals surface area contributed by atoms with Gasteiger partial charge in [0.25, 0.3) is 11.2 Å². The molecule has 0 amide bonds. The Kier molecular flexibility index (Phi) is 6.82. The van der Waals surface area contributed by atoms with Crippen molar-refractivity contribution in [1.82, 2.24) is 19.1 Å². The quantitative estimate of drug-likeness (QED) is 0.210. The maximum atomic E-state index is 12.3. The zero-order chi connectivity index (χ0) is 23.4. The predicted octanol–water partition coefficient (Wildman–Crippen LogP) is 0.362. The molecule has 0 bridgehead atoms. The highest BCUT2D eigenvalue weighted by molar-refractivity contribution is 6.41. The molecule has 0 aliphatic carbocycles. The topological polar surface area (TPSA) is 181 Å². The highest BCUT2D eigenvalue weighted by atomic mass is 35.5. The first-order valence-corrected chi connectivity index (χ1v) is 9.48. The van der Waals surface area contributed by atoms with Crippen LogP contribution in [-0.4, -0.2) is 53.2 Å². The molecule has 0 radical (unpaired) electrons. The van der Waals surface area contributed by atoms with Crippen LogP contribution in [0.5, 0.6) is 0 Å². The number of rotatable bonds is 8. The first-order chi connectivity index (χ1) is 15.2. The molecule has 2 aromatic heterocycles. The molecule has 0 aliphatic heterocycles. The van der Waals surface area contributed by atoms with Gasteiger partial charge in [-0.1, -0.05) is 11.6 Å². The second-order valence-electron chi connectivity index (χ2n) is 6.62. The van der Waals surface area contributed by atoms with E-state index in [-0.39, 0.29) is 34.4 Å². The van der Waals surface area contributed by atoms with Gasteiger partial charge in [-0.25, -0.2) is 10.2 Å². The fourth-order valence-electron chi connectivity index (χ4n) is 2.81. The number of hydrazone groups is 1. The van der Waals surface area contributed by atoms with E-state index in [2.05, 4.69) is 20.5 Å². The molecule has 4 N–H and O–H groups in total. The lowest BCUT2D eigenvalue weighted by Gasteiger charge is -2.11. The predicted molar refractivity (Wildman–Crippen MR) is 118 cm³/mol. The number of benzene rings is 1. The van der Waals surface area contributed by atoms with E-state index in [0.717, 1.165) is 4.57 Å². The minimum absolute atomic E-state index is 0.00446. The molecule has 3 rings (SSSR count). The third-order valence-electron chi connectivity index (χ3n) is 4.37. The van der Waals surface area contributed by atoms with Gasteiger partial charge in [-0.3, -0.25) is 24.5 Å². The number of H-pyrrole nitrogens is 1. The third-order valence-corrected chi connectivity index (χ3v) is 4.58. The molecule has 2 heterocycles.